The van der Waals surface area contributed by atoms with E-state index in [9.17, 15) is 14.4 Å². The van der Waals surface area contributed by atoms with Crippen LogP contribution in [0.4, 0.5) is 11.4 Å². The molecule has 1 fully saturated rings. The molecule has 1 aliphatic rings. The number of nitrogens with zero attached hydrogens (tertiary/aromatic N) is 3. The lowest BCUT2D eigenvalue weighted by molar-refractivity contribution is -0.123. The molecular weight excluding hydrogens is 500 g/mol. The van der Waals surface area contributed by atoms with Crippen LogP contribution in [0.25, 0.3) is 10.9 Å². The molecule has 2 heterocycles. The maximum absolute atomic E-state index is 14.2. The lowest BCUT2D eigenvalue weighted by Crippen LogP contribution is -2.46. The van der Waals surface area contributed by atoms with Crippen molar-refractivity contribution in [2.45, 2.75) is 44.7 Å². The van der Waals surface area contributed by atoms with Gasteiger partial charge in [-0.05, 0) is 66.7 Å². The first-order valence-electron chi connectivity index (χ1n) is 12.4. The molecule has 3 amide bonds. The zero-order valence-corrected chi connectivity index (χ0v) is 21.7. The molecule has 38 heavy (non-hydrogen) atoms. The second-order valence-corrected chi connectivity index (χ2v) is 10.2. The van der Waals surface area contributed by atoms with Gasteiger partial charge < -0.3 is 16.8 Å². The van der Waals surface area contributed by atoms with Crippen molar-refractivity contribution >= 4 is 51.5 Å². The van der Waals surface area contributed by atoms with Crippen molar-refractivity contribution in [2.75, 3.05) is 10.6 Å². The van der Waals surface area contributed by atoms with Gasteiger partial charge in [0.05, 0.1) is 11.2 Å². The first-order valence-corrected chi connectivity index (χ1v) is 13.2. The summed E-state index contributed by atoms with van der Waals surface area (Å²) >= 11 is 0.792. The molecule has 0 saturated heterocycles. The Bertz CT molecular complexity index is 1530. The summed E-state index contributed by atoms with van der Waals surface area (Å²) in [4.78, 5) is 46.0. The molecule has 0 radical (unpaired) electrons. The monoisotopic (exact) mass is 528 g/mol. The minimum absolute atomic E-state index is 0.0379. The topological polar surface area (TPSA) is 144 Å². The summed E-state index contributed by atoms with van der Waals surface area (Å²) in [6.45, 7) is 1.87. The zero-order chi connectivity index (χ0) is 26.8. The third-order valence-electron chi connectivity index (χ3n) is 6.90. The number of benzene rings is 2. The Morgan fingerprint density at radius 1 is 1.08 bits per heavy atom. The number of hydrogen-bond acceptors (Lipinski definition) is 7. The van der Waals surface area contributed by atoms with Crippen molar-refractivity contribution in [1.82, 2.24) is 14.7 Å². The van der Waals surface area contributed by atoms with E-state index in [0.717, 1.165) is 53.7 Å². The minimum atomic E-state index is -1.02. The highest BCUT2D eigenvalue weighted by Crippen LogP contribution is 2.36. The minimum Gasteiger partial charge on any atom is -0.395 e. The molecule has 1 aliphatic carbocycles. The van der Waals surface area contributed by atoms with Crippen LogP contribution in [0.15, 0.2) is 60.8 Å². The van der Waals surface area contributed by atoms with Gasteiger partial charge >= 0.3 is 0 Å². The number of para-hydroxylation sites is 1. The van der Waals surface area contributed by atoms with Crippen LogP contribution in [-0.2, 0) is 4.79 Å². The number of aromatic nitrogens is 2. The third-order valence-corrected chi connectivity index (χ3v) is 7.75. The normalized spacial score (nSPS) is 14.3. The Kier molecular flexibility index (Phi) is 7.06. The summed E-state index contributed by atoms with van der Waals surface area (Å²) < 4.78 is 4.02. The number of primary amides is 1. The highest BCUT2D eigenvalue weighted by molar-refractivity contribution is 7.09. The predicted octanol–water partition coefficient (Wildman–Crippen LogP) is 4.13. The van der Waals surface area contributed by atoms with Crippen LogP contribution in [0, 0.1) is 6.92 Å². The maximum Gasteiger partial charge on any atom is 0.273 e. The molecule has 5 rings (SSSR count). The molecule has 0 aliphatic heterocycles. The van der Waals surface area contributed by atoms with Gasteiger partial charge in [-0.2, -0.15) is 4.37 Å². The van der Waals surface area contributed by atoms with Crippen LogP contribution in [0.1, 0.15) is 63.0 Å². The van der Waals surface area contributed by atoms with Crippen molar-refractivity contribution in [3.8, 4) is 0 Å². The quantitative estimate of drug-likeness (QED) is 0.329. The van der Waals surface area contributed by atoms with Crippen LogP contribution >= 0.6 is 11.5 Å². The number of carbonyl (C=O) groups is 3. The van der Waals surface area contributed by atoms with E-state index >= 15 is 0 Å². The lowest BCUT2D eigenvalue weighted by atomic mass is 9.99. The number of aryl methyl sites for hydroxylation is 1. The van der Waals surface area contributed by atoms with Crippen LogP contribution in [0.5, 0.6) is 0 Å². The van der Waals surface area contributed by atoms with E-state index in [0.29, 0.717) is 11.3 Å². The number of nitrogen functional groups attached to an aromatic ring is 1. The van der Waals surface area contributed by atoms with E-state index in [4.69, 9.17) is 11.5 Å². The zero-order valence-electron chi connectivity index (χ0n) is 20.9. The van der Waals surface area contributed by atoms with E-state index in [1.807, 2.05) is 55.5 Å². The van der Waals surface area contributed by atoms with E-state index in [2.05, 4.69) is 14.7 Å². The maximum atomic E-state index is 14.2. The van der Waals surface area contributed by atoms with E-state index in [-0.39, 0.29) is 28.2 Å². The molecule has 2 aromatic carbocycles. The van der Waals surface area contributed by atoms with Gasteiger partial charge in [-0.3, -0.25) is 24.3 Å². The number of rotatable bonds is 7. The molecule has 1 atom stereocenters. The number of fused-ring (bicyclic) bond motifs is 1. The molecule has 5 N–H and O–H groups in total. The summed E-state index contributed by atoms with van der Waals surface area (Å²) in [6.07, 6.45) is 5.58. The SMILES string of the molecule is Cc1ccccc1N(C(=O)c1snc(C(N)=O)c1N)C(C(=O)NC1CCCC1)c1ccc2ncccc2c1. The Balaban J connectivity index is 1.69. The number of amides is 3. The second-order valence-electron chi connectivity index (χ2n) is 9.45. The Hall–Kier alpha value is -4.31. The summed E-state index contributed by atoms with van der Waals surface area (Å²) in [6, 6.07) is 15.6. The van der Waals surface area contributed by atoms with Gasteiger partial charge in [0, 0.05) is 23.3 Å². The third kappa shape index (κ3) is 4.82. The highest BCUT2D eigenvalue weighted by Gasteiger charge is 2.37. The van der Waals surface area contributed by atoms with Gasteiger partial charge in [-0.15, -0.1) is 0 Å². The Labute approximate surface area is 224 Å². The smallest absolute Gasteiger partial charge is 0.273 e. The summed E-state index contributed by atoms with van der Waals surface area (Å²) in [5.74, 6) is -1.66. The average Bonchev–Trinajstić information content (AvgIpc) is 3.56. The number of hydrogen-bond donors (Lipinski definition) is 3. The van der Waals surface area contributed by atoms with Crippen LogP contribution in [0.2, 0.25) is 0 Å². The van der Waals surface area contributed by atoms with Crippen molar-refractivity contribution in [3.63, 3.8) is 0 Å². The van der Waals surface area contributed by atoms with Crippen LogP contribution in [0.3, 0.4) is 0 Å². The Morgan fingerprint density at radius 2 is 1.84 bits per heavy atom. The molecule has 0 bridgehead atoms. The first-order chi connectivity index (χ1) is 18.3. The van der Waals surface area contributed by atoms with E-state index in [1.54, 1.807) is 12.3 Å². The van der Waals surface area contributed by atoms with Gasteiger partial charge in [0.15, 0.2) is 5.69 Å². The van der Waals surface area contributed by atoms with E-state index in [1.165, 1.54) is 4.90 Å². The number of carbonyl (C=O) groups excluding carboxylic acids is 3. The summed E-state index contributed by atoms with van der Waals surface area (Å²) in [5.41, 5.74) is 14.1. The molecule has 10 heteroatoms. The number of pyridine rings is 1. The van der Waals surface area contributed by atoms with Gasteiger partial charge in [-0.25, -0.2) is 0 Å². The fourth-order valence-corrected chi connectivity index (χ4v) is 5.71. The van der Waals surface area contributed by atoms with Gasteiger partial charge in [0.25, 0.3) is 11.8 Å². The van der Waals surface area contributed by atoms with Gasteiger partial charge in [-0.1, -0.05) is 43.2 Å². The largest absolute Gasteiger partial charge is 0.395 e. The van der Waals surface area contributed by atoms with Crippen molar-refractivity contribution in [3.05, 3.63) is 82.5 Å². The average molecular weight is 529 g/mol. The van der Waals surface area contributed by atoms with Gasteiger partial charge in [0.1, 0.15) is 10.9 Å². The van der Waals surface area contributed by atoms with Crippen molar-refractivity contribution in [2.24, 2.45) is 5.73 Å². The van der Waals surface area contributed by atoms with E-state index < -0.39 is 17.9 Å². The van der Waals surface area contributed by atoms with Crippen LogP contribution < -0.4 is 21.7 Å². The lowest BCUT2D eigenvalue weighted by Gasteiger charge is -2.33. The first kappa shape index (κ1) is 25.3. The Morgan fingerprint density at radius 3 is 2.55 bits per heavy atom. The molecule has 0 spiro atoms. The van der Waals surface area contributed by atoms with Crippen molar-refractivity contribution < 1.29 is 14.4 Å². The fourth-order valence-electron chi connectivity index (χ4n) is 4.97. The number of nitrogens with one attached hydrogen (secondary N) is 1. The second kappa shape index (κ2) is 10.6. The summed E-state index contributed by atoms with van der Waals surface area (Å²) in [5, 5.41) is 4.02. The predicted molar refractivity (Wildman–Crippen MR) is 148 cm³/mol. The molecule has 194 valence electrons. The fraction of sp³-hybridized carbons (Fsp3) is 0.250. The van der Waals surface area contributed by atoms with Gasteiger partial charge in [0.2, 0.25) is 5.91 Å². The standard InChI is InChI=1S/C28H28N6O3S/c1-16-7-2-5-11-21(16)34(28(37)25-22(29)23(26(30)35)33-38-25)24(27(36)32-19-9-3-4-10-19)18-12-13-20-17(15-18)8-6-14-31-20/h2,5-8,11-15,19,24H,3-4,9-10,29H2,1H3,(H2,30,35)(H,32,36). The molecule has 2 aromatic heterocycles. The molecular formula is C28H28N6O3S. The summed E-state index contributed by atoms with van der Waals surface area (Å²) in [7, 11) is 0. The molecule has 4 aromatic rings. The number of anilines is 2. The van der Waals surface area contributed by atoms with Crippen molar-refractivity contribution in [1.29, 1.82) is 0 Å². The molecule has 1 unspecified atom stereocenters. The number of nitrogens with two attached hydrogens (primary N) is 2. The molecule has 9 nitrogen and oxygen atoms in total. The molecule has 1 saturated carbocycles. The highest BCUT2D eigenvalue weighted by atomic mass is 32.1. The van der Waals surface area contributed by atoms with Crippen LogP contribution in [-0.4, -0.2) is 33.1 Å².